The number of carbonyl (C=O) groups excluding carboxylic acids is 1. The van der Waals surface area contributed by atoms with Crippen molar-refractivity contribution in [2.75, 3.05) is 32.0 Å². The van der Waals surface area contributed by atoms with E-state index in [9.17, 15) is 4.79 Å². The zero-order chi connectivity index (χ0) is 20.8. The molecule has 30 heavy (non-hydrogen) atoms. The Hall–Kier alpha value is -2.16. The van der Waals surface area contributed by atoms with Gasteiger partial charge in [0, 0.05) is 38.6 Å². The van der Waals surface area contributed by atoms with Crippen LogP contribution in [0.4, 0.5) is 0 Å². The molecule has 1 aromatic heterocycles. The van der Waals surface area contributed by atoms with E-state index in [0.717, 1.165) is 30.6 Å². The molecule has 0 spiro atoms. The highest BCUT2D eigenvalue weighted by Crippen LogP contribution is 2.40. The average Bonchev–Trinajstić information content (AvgIpc) is 3.53. The number of rotatable bonds is 10. The van der Waals surface area contributed by atoms with Gasteiger partial charge in [0.05, 0.1) is 18.5 Å². The standard InChI is InChI=1S/C22H29N5O2S/c1-2-10-27-21(18-8-9-18)24-25-22(27)30-16-20(28)23-13-19-15-26(11-12-29-19)14-17-6-4-3-5-7-17/h2-7,18-19H,1,8-16H2,(H,23,28). The Balaban J connectivity index is 1.21. The maximum absolute atomic E-state index is 12.4. The van der Waals surface area contributed by atoms with E-state index in [1.54, 1.807) is 0 Å². The highest BCUT2D eigenvalue weighted by molar-refractivity contribution is 7.99. The molecule has 1 N–H and O–H groups in total. The lowest BCUT2D eigenvalue weighted by Gasteiger charge is -2.33. The third-order valence-electron chi connectivity index (χ3n) is 5.33. The van der Waals surface area contributed by atoms with Gasteiger partial charge in [-0.05, 0) is 18.4 Å². The Morgan fingerprint density at radius 2 is 2.13 bits per heavy atom. The van der Waals surface area contributed by atoms with E-state index in [1.165, 1.54) is 30.2 Å². The number of ether oxygens (including phenoxy) is 1. The Bertz CT molecular complexity index is 852. The Kier molecular flexibility index (Phi) is 7.20. The van der Waals surface area contributed by atoms with Crippen LogP contribution in [0.3, 0.4) is 0 Å². The van der Waals surface area contributed by atoms with Crippen LogP contribution in [-0.4, -0.2) is 63.7 Å². The van der Waals surface area contributed by atoms with Crippen LogP contribution in [0.25, 0.3) is 0 Å². The van der Waals surface area contributed by atoms with E-state index in [-0.39, 0.29) is 12.0 Å². The second-order valence-electron chi connectivity index (χ2n) is 7.82. The van der Waals surface area contributed by atoms with Crippen LogP contribution < -0.4 is 5.32 Å². The molecule has 1 saturated heterocycles. The van der Waals surface area contributed by atoms with Crippen molar-refractivity contribution < 1.29 is 9.53 Å². The average molecular weight is 428 g/mol. The van der Waals surface area contributed by atoms with Gasteiger partial charge in [-0.2, -0.15) is 0 Å². The number of amides is 1. The van der Waals surface area contributed by atoms with E-state index in [0.29, 0.717) is 31.4 Å². The molecule has 1 aliphatic heterocycles. The van der Waals surface area contributed by atoms with Crippen LogP contribution in [0.2, 0.25) is 0 Å². The lowest BCUT2D eigenvalue weighted by atomic mass is 10.2. The summed E-state index contributed by atoms with van der Waals surface area (Å²) in [5.41, 5.74) is 1.30. The first-order chi connectivity index (χ1) is 14.7. The third-order valence-corrected chi connectivity index (χ3v) is 6.30. The summed E-state index contributed by atoms with van der Waals surface area (Å²) >= 11 is 1.43. The van der Waals surface area contributed by atoms with Gasteiger partial charge < -0.3 is 14.6 Å². The van der Waals surface area contributed by atoms with Crippen molar-refractivity contribution in [3.05, 3.63) is 54.4 Å². The first-order valence-electron chi connectivity index (χ1n) is 10.5. The Morgan fingerprint density at radius 3 is 2.90 bits per heavy atom. The van der Waals surface area contributed by atoms with Crippen LogP contribution in [0.5, 0.6) is 0 Å². The maximum atomic E-state index is 12.4. The molecule has 2 aromatic rings. The van der Waals surface area contributed by atoms with Crippen molar-refractivity contribution in [3.8, 4) is 0 Å². The van der Waals surface area contributed by atoms with Gasteiger partial charge in [-0.15, -0.1) is 16.8 Å². The lowest BCUT2D eigenvalue weighted by Crippen LogP contribution is -2.47. The summed E-state index contributed by atoms with van der Waals surface area (Å²) in [5, 5.41) is 12.4. The van der Waals surface area contributed by atoms with Crippen LogP contribution in [-0.2, 0) is 22.6 Å². The van der Waals surface area contributed by atoms with Crippen molar-refractivity contribution in [2.24, 2.45) is 0 Å². The fourth-order valence-corrected chi connectivity index (χ4v) is 4.43. The van der Waals surface area contributed by atoms with Crippen molar-refractivity contribution in [1.82, 2.24) is 25.0 Å². The number of nitrogens with zero attached hydrogens (tertiary/aromatic N) is 4. The molecule has 1 atom stereocenters. The molecule has 2 aliphatic rings. The number of hydrogen-bond acceptors (Lipinski definition) is 6. The summed E-state index contributed by atoms with van der Waals surface area (Å²) in [6.45, 7) is 8.36. The second-order valence-corrected chi connectivity index (χ2v) is 8.76. The fraction of sp³-hybridized carbons (Fsp3) is 0.500. The largest absolute Gasteiger partial charge is 0.374 e. The zero-order valence-corrected chi connectivity index (χ0v) is 18.0. The number of benzene rings is 1. The quantitative estimate of drug-likeness (QED) is 0.464. The van der Waals surface area contributed by atoms with Gasteiger partial charge in [-0.25, -0.2) is 0 Å². The van der Waals surface area contributed by atoms with Gasteiger partial charge in [-0.1, -0.05) is 48.2 Å². The van der Waals surface area contributed by atoms with Gasteiger partial charge in [0.25, 0.3) is 0 Å². The van der Waals surface area contributed by atoms with Crippen LogP contribution in [0.1, 0.15) is 30.1 Å². The van der Waals surface area contributed by atoms with Gasteiger partial charge in [-0.3, -0.25) is 9.69 Å². The molecular weight excluding hydrogens is 398 g/mol. The first-order valence-corrected chi connectivity index (χ1v) is 11.5. The SMILES string of the molecule is C=CCn1c(SCC(=O)NCC2CN(Cc3ccccc3)CCO2)nnc1C1CC1. The number of morpholine rings is 1. The zero-order valence-electron chi connectivity index (χ0n) is 17.2. The summed E-state index contributed by atoms with van der Waals surface area (Å²) in [5.74, 6) is 1.85. The highest BCUT2D eigenvalue weighted by atomic mass is 32.2. The normalized spacial score (nSPS) is 19.5. The molecule has 0 bridgehead atoms. The monoisotopic (exact) mass is 427 g/mol. The minimum Gasteiger partial charge on any atom is -0.374 e. The van der Waals surface area contributed by atoms with Gasteiger partial charge in [0.15, 0.2) is 5.16 Å². The topological polar surface area (TPSA) is 72.3 Å². The number of hydrogen-bond donors (Lipinski definition) is 1. The molecule has 8 heteroatoms. The van der Waals surface area contributed by atoms with Crippen molar-refractivity contribution in [1.29, 1.82) is 0 Å². The summed E-state index contributed by atoms with van der Waals surface area (Å²) in [4.78, 5) is 14.8. The van der Waals surface area contributed by atoms with E-state index >= 15 is 0 Å². The number of nitrogens with one attached hydrogen (secondary N) is 1. The molecule has 160 valence electrons. The molecule has 4 rings (SSSR count). The van der Waals surface area contributed by atoms with E-state index in [4.69, 9.17) is 4.74 Å². The van der Waals surface area contributed by atoms with Crippen molar-refractivity contribution >= 4 is 17.7 Å². The number of carbonyl (C=O) groups is 1. The van der Waals surface area contributed by atoms with Crippen molar-refractivity contribution in [3.63, 3.8) is 0 Å². The smallest absolute Gasteiger partial charge is 0.230 e. The first kappa shape index (κ1) is 21.1. The molecule has 1 aromatic carbocycles. The predicted octanol–water partition coefficient (Wildman–Crippen LogP) is 2.45. The van der Waals surface area contributed by atoms with Crippen LogP contribution >= 0.6 is 11.8 Å². The number of thioether (sulfide) groups is 1. The summed E-state index contributed by atoms with van der Waals surface area (Å²) < 4.78 is 7.92. The predicted molar refractivity (Wildman–Crippen MR) is 117 cm³/mol. The van der Waals surface area contributed by atoms with E-state index in [1.807, 2.05) is 12.1 Å². The molecule has 0 radical (unpaired) electrons. The minimum atomic E-state index is -0.00934. The van der Waals surface area contributed by atoms with Crippen LogP contribution in [0.15, 0.2) is 48.1 Å². The Morgan fingerprint density at radius 1 is 1.30 bits per heavy atom. The second kappa shape index (κ2) is 10.2. The third kappa shape index (κ3) is 5.71. The van der Waals surface area contributed by atoms with E-state index < -0.39 is 0 Å². The fourth-order valence-electron chi connectivity index (χ4n) is 3.65. The van der Waals surface area contributed by atoms with Crippen LogP contribution in [0, 0.1) is 0 Å². The van der Waals surface area contributed by atoms with Gasteiger partial charge in [0.2, 0.25) is 5.91 Å². The van der Waals surface area contributed by atoms with Gasteiger partial charge in [0.1, 0.15) is 5.82 Å². The maximum Gasteiger partial charge on any atom is 0.230 e. The molecule has 1 amide bonds. The molecule has 1 unspecified atom stereocenters. The highest BCUT2D eigenvalue weighted by Gasteiger charge is 2.30. The number of aromatic nitrogens is 3. The molecule has 1 aliphatic carbocycles. The number of allylic oxidation sites excluding steroid dienone is 1. The summed E-state index contributed by atoms with van der Waals surface area (Å²) in [6, 6.07) is 10.4. The van der Waals surface area contributed by atoms with Crippen molar-refractivity contribution in [2.45, 2.75) is 43.1 Å². The summed E-state index contributed by atoms with van der Waals surface area (Å²) in [6.07, 6.45) is 4.20. The molecule has 1 saturated carbocycles. The van der Waals surface area contributed by atoms with E-state index in [2.05, 4.69) is 55.8 Å². The molecular formula is C22H29N5O2S. The van der Waals surface area contributed by atoms with Gasteiger partial charge >= 0.3 is 0 Å². The molecule has 7 nitrogen and oxygen atoms in total. The minimum absolute atomic E-state index is 0.00934. The molecule has 2 fully saturated rings. The Labute approximate surface area is 181 Å². The lowest BCUT2D eigenvalue weighted by molar-refractivity contribution is -0.119. The summed E-state index contributed by atoms with van der Waals surface area (Å²) in [7, 11) is 0. The molecule has 2 heterocycles.